The van der Waals surface area contributed by atoms with Gasteiger partial charge in [0.05, 0.1) is 12.2 Å². The first-order chi connectivity index (χ1) is 9.66. The van der Waals surface area contributed by atoms with Crippen LogP contribution in [0.1, 0.15) is 23.7 Å². The molecule has 0 aromatic heterocycles. The van der Waals surface area contributed by atoms with Gasteiger partial charge in [-0.1, -0.05) is 42.5 Å². The molecule has 20 heavy (non-hydrogen) atoms. The molecule has 0 bridgehead atoms. The van der Waals surface area contributed by atoms with Crippen LogP contribution in [-0.4, -0.2) is 18.6 Å². The van der Waals surface area contributed by atoms with Gasteiger partial charge in [0.25, 0.3) is 0 Å². The second kappa shape index (κ2) is 6.87. The average molecular weight is 269 g/mol. The van der Waals surface area contributed by atoms with E-state index in [1.165, 1.54) is 0 Å². The number of benzene rings is 2. The van der Waals surface area contributed by atoms with E-state index in [2.05, 4.69) is 0 Å². The highest BCUT2D eigenvalue weighted by atomic mass is 16.5. The summed E-state index contributed by atoms with van der Waals surface area (Å²) in [4.78, 5) is 11.8. The summed E-state index contributed by atoms with van der Waals surface area (Å²) in [5, 5.41) is 0. The lowest BCUT2D eigenvalue weighted by Crippen LogP contribution is -2.18. The minimum atomic E-state index is -0.301. The average Bonchev–Trinajstić information content (AvgIpc) is 2.48. The minimum absolute atomic E-state index is 0.0447. The van der Waals surface area contributed by atoms with Crippen LogP contribution in [0, 0.1) is 0 Å². The van der Waals surface area contributed by atoms with Crippen LogP contribution in [0.3, 0.4) is 0 Å². The molecule has 1 unspecified atom stereocenters. The summed E-state index contributed by atoms with van der Waals surface area (Å²) in [5.41, 5.74) is 8.38. The summed E-state index contributed by atoms with van der Waals surface area (Å²) in [7, 11) is 0. The Morgan fingerprint density at radius 3 is 2.25 bits per heavy atom. The maximum Gasteiger partial charge on any atom is 0.338 e. The molecule has 0 saturated carbocycles. The van der Waals surface area contributed by atoms with Crippen LogP contribution >= 0.6 is 0 Å². The van der Waals surface area contributed by atoms with Gasteiger partial charge in [-0.25, -0.2) is 4.79 Å². The highest BCUT2D eigenvalue weighted by molar-refractivity contribution is 5.90. The molecular weight excluding hydrogens is 250 g/mol. The number of nitrogens with two attached hydrogens (primary N) is 1. The molecular formula is C17H19NO2. The van der Waals surface area contributed by atoms with Crippen molar-refractivity contribution in [3.8, 4) is 11.1 Å². The van der Waals surface area contributed by atoms with Crippen molar-refractivity contribution >= 4 is 5.97 Å². The SMILES string of the molecule is CC(N)CCOC(=O)c1ccc(-c2ccccc2)cc1. The van der Waals surface area contributed by atoms with Crippen LogP contribution < -0.4 is 5.73 Å². The normalized spacial score (nSPS) is 11.9. The van der Waals surface area contributed by atoms with Crippen LogP contribution in [0.25, 0.3) is 11.1 Å². The van der Waals surface area contributed by atoms with Crippen LogP contribution in [-0.2, 0) is 4.74 Å². The monoisotopic (exact) mass is 269 g/mol. The van der Waals surface area contributed by atoms with E-state index in [4.69, 9.17) is 10.5 Å². The van der Waals surface area contributed by atoms with Crippen molar-refractivity contribution in [2.24, 2.45) is 5.73 Å². The molecule has 0 saturated heterocycles. The van der Waals surface area contributed by atoms with Crippen LogP contribution in [0.15, 0.2) is 54.6 Å². The van der Waals surface area contributed by atoms with Gasteiger partial charge in [0.15, 0.2) is 0 Å². The number of hydrogen-bond acceptors (Lipinski definition) is 3. The predicted octanol–water partition coefficient (Wildman–Crippen LogP) is 3.25. The van der Waals surface area contributed by atoms with E-state index in [9.17, 15) is 4.79 Å². The lowest BCUT2D eigenvalue weighted by atomic mass is 10.0. The first-order valence-electron chi connectivity index (χ1n) is 6.75. The summed E-state index contributed by atoms with van der Waals surface area (Å²) in [5.74, 6) is -0.301. The molecule has 0 radical (unpaired) electrons. The van der Waals surface area contributed by atoms with Gasteiger partial charge in [0.2, 0.25) is 0 Å². The third-order valence-corrected chi connectivity index (χ3v) is 3.03. The zero-order valence-electron chi connectivity index (χ0n) is 11.6. The van der Waals surface area contributed by atoms with Crippen molar-refractivity contribution < 1.29 is 9.53 Å². The fourth-order valence-corrected chi connectivity index (χ4v) is 1.85. The number of ether oxygens (including phenoxy) is 1. The first kappa shape index (κ1) is 14.3. The van der Waals surface area contributed by atoms with Crippen molar-refractivity contribution in [1.29, 1.82) is 0 Å². The molecule has 3 heteroatoms. The van der Waals surface area contributed by atoms with Crippen molar-refractivity contribution in [3.05, 3.63) is 60.2 Å². The highest BCUT2D eigenvalue weighted by Crippen LogP contribution is 2.19. The van der Waals surface area contributed by atoms with Gasteiger partial charge in [0, 0.05) is 6.04 Å². The standard InChI is InChI=1S/C17H19NO2/c1-13(18)11-12-20-17(19)16-9-7-15(8-10-16)14-5-3-2-4-6-14/h2-10,13H,11-12,18H2,1H3. The number of carbonyl (C=O) groups excluding carboxylic acids is 1. The molecule has 0 aliphatic heterocycles. The molecule has 0 amide bonds. The third kappa shape index (κ3) is 3.93. The molecule has 1 atom stereocenters. The van der Waals surface area contributed by atoms with Crippen LogP contribution in [0.4, 0.5) is 0 Å². The largest absolute Gasteiger partial charge is 0.462 e. The Morgan fingerprint density at radius 1 is 1.05 bits per heavy atom. The summed E-state index contributed by atoms with van der Waals surface area (Å²) in [6, 6.07) is 17.5. The Hall–Kier alpha value is -2.13. The maximum absolute atomic E-state index is 11.8. The van der Waals surface area contributed by atoms with Gasteiger partial charge < -0.3 is 10.5 Å². The number of rotatable bonds is 5. The Bertz CT molecular complexity index is 547. The number of carbonyl (C=O) groups is 1. The number of esters is 1. The Morgan fingerprint density at radius 2 is 1.65 bits per heavy atom. The van der Waals surface area contributed by atoms with E-state index in [1.807, 2.05) is 49.4 Å². The zero-order chi connectivity index (χ0) is 14.4. The zero-order valence-corrected chi connectivity index (χ0v) is 11.6. The molecule has 0 aliphatic carbocycles. The predicted molar refractivity (Wildman–Crippen MR) is 80.4 cm³/mol. The number of hydrogen-bond donors (Lipinski definition) is 1. The molecule has 2 aromatic rings. The van der Waals surface area contributed by atoms with E-state index >= 15 is 0 Å². The van der Waals surface area contributed by atoms with Gasteiger partial charge in [-0.3, -0.25) is 0 Å². The molecule has 0 spiro atoms. The van der Waals surface area contributed by atoms with Gasteiger partial charge in [-0.2, -0.15) is 0 Å². The second-order valence-electron chi connectivity index (χ2n) is 4.85. The van der Waals surface area contributed by atoms with Gasteiger partial charge in [-0.15, -0.1) is 0 Å². The third-order valence-electron chi connectivity index (χ3n) is 3.03. The van der Waals surface area contributed by atoms with Gasteiger partial charge in [0.1, 0.15) is 0 Å². The molecule has 2 aromatic carbocycles. The van der Waals surface area contributed by atoms with Crippen LogP contribution in [0.2, 0.25) is 0 Å². The molecule has 2 rings (SSSR count). The summed E-state index contributed by atoms with van der Waals surface area (Å²) < 4.78 is 5.17. The quantitative estimate of drug-likeness (QED) is 0.848. The molecule has 3 nitrogen and oxygen atoms in total. The van der Waals surface area contributed by atoms with Crippen molar-refractivity contribution in [1.82, 2.24) is 0 Å². The maximum atomic E-state index is 11.8. The smallest absolute Gasteiger partial charge is 0.338 e. The summed E-state index contributed by atoms with van der Waals surface area (Å²) in [6.45, 7) is 2.25. The highest BCUT2D eigenvalue weighted by Gasteiger charge is 2.07. The van der Waals surface area contributed by atoms with Crippen molar-refractivity contribution in [2.45, 2.75) is 19.4 Å². The Kier molecular flexibility index (Phi) is 4.91. The van der Waals surface area contributed by atoms with Crippen molar-refractivity contribution in [3.63, 3.8) is 0 Å². The minimum Gasteiger partial charge on any atom is -0.462 e. The molecule has 104 valence electrons. The topological polar surface area (TPSA) is 52.3 Å². The van der Waals surface area contributed by atoms with E-state index < -0.39 is 0 Å². The molecule has 0 fully saturated rings. The molecule has 2 N–H and O–H groups in total. The van der Waals surface area contributed by atoms with E-state index in [1.54, 1.807) is 12.1 Å². The van der Waals surface area contributed by atoms with Gasteiger partial charge >= 0.3 is 5.97 Å². The van der Waals surface area contributed by atoms with E-state index in [0.717, 1.165) is 11.1 Å². The fourth-order valence-electron chi connectivity index (χ4n) is 1.85. The molecule has 0 aliphatic rings. The van der Waals surface area contributed by atoms with Crippen molar-refractivity contribution in [2.75, 3.05) is 6.61 Å². The van der Waals surface area contributed by atoms with E-state index in [0.29, 0.717) is 18.6 Å². The Labute approximate surface area is 119 Å². The summed E-state index contributed by atoms with van der Waals surface area (Å²) >= 11 is 0. The molecule has 0 heterocycles. The summed E-state index contributed by atoms with van der Waals surface area (Å²) in [6.07, 6.45) is 0.674. The van der Waals surface area contributed by atoms with Crippen LogP contribution in [0.5, 0.6) is 0 Å². The fraction of sp³-hybridized carbons (Fsp3) is 0.235. The van der Waals surface area contributed by atoms with E-state index in [-0.39, 0.29) is 12.0 Å². The first-order valence-corrected chi connectivity index (χ1v) is 6.75. The Balaban J connectivity index is 1.99. The lowest BCUT2D eigenvalue weighted by molar-refractivity contribution is 0.0495. The van der Waals surface area contributed by atoms with Gasteiger partial charge in [-0.05, 0) is 36.6 Å². The second-order valence-corrected chi connectivity index (χ2v) is 4.85. The lowest BCUT2D eigenvalue weighted by Gasteiger charge is -2.07.